The largest absolute Gasteiger partial charge is 0.481 e. The first-order valence-corrected chi connectivity index (χ1v) is 8.89. The number of nitrogens with zero attached hydrogens (tertiary/aromatic N) is 2. The number of fused-ring (bicyclic) bond motifs is 1. The second-order valence-corrected chi connectivity index (χ2v) is 7.35. The molecule has 11 heteroatoms. The average molecular weight is 401 g/mol. The van der Waals surface area contributed by atoms with Gasteiger partial charge >= 0.3 is 12.1 Å². The molecule has 0 saturated carbocycles. The lowest BCUT2D eigenvalue weighted by Crippen LogP contribution is -2.26. The van der Waals surface area contributed by atoms with Gasteiger partial charge in [-0.3, -0.25) is 9.59 Å². The minimum absolute atomic E-state index is 0.0872. The molecule has 0 aliphatic carbocycles. The molecule has 1 atom stereocenters. The third-order valence-electron chi connectivity index (χ3n) is 3.39. The number of carbonyl (C=O) groups excluding carboxylic acids is 1. The van der Waals surface area contributed by atoms with Crippen LogP contribution in [0.4, 0.5) is 13.2 Å². The highest BCUT2D eigenvalue weighted by Crippen LogP contribution is 2.38. The molecule has 0 bridgehead atoms. The standard InChI is InChI=1S/C15H10F3N3O3S2/c16-15(17,18)9-6-25-10-2-1-7(3-8(9)10)5-19-21-14-20-13(24)11(26-14)4-12(22)23/h1-3,5-6,11H,4H2,(H,22,23)(H,20,21,24). The normalized spacial score (nSPS) is 19.6. The fourth-order valence-electron chi connectivity index (χ4n) is 2.24. The van der Waals surface area contributed by atoms with Gasteiger partial charge in [0.1, 0.15) is 5.25 Å². The number of amidine groups is 1. The number of amides is 1. The number of thioether (sulfide) groups is 1. The maximum atomic E-state index is 13.0. The van der Waals surface area contributed by atoms with Crippen molar-refractivity contribution in [2.45, 2.75) is 17.8 Å². The Hall–Kier alpha value is -2.40. The van der Waals surface area contributed by atoms with E-state index < -0.39 is 28.9 Å². The van der Waals surface area contributed by atoms with E-state index in [9.17, 15) is 22.8 Å². The number of aliphatic carboxylic acids is 1. The summed E-state index contributed by atoms with van der Waals surface area (Å²) in [5.74, 6) is -1.58. The second-order valence-electron chi connectivity index (χ2n) is 5.25. The zero-order valence-corrected chi connectivity index (χ0v) is 14.4. The molecule has 1 aromatic heterocycles. The highest BCUT2D eigenvalue weighted by molar-refractivity contribution is 8.15. The summed E-state index contributed by atoms with van der Waals surface area (Å²) in [6.07, 6.45) is -3.51. The summed E-state index contributed by atoms with van der Waals surface area (Å²) in [5, 5.41) is 19.2. The van der Waals surface area contributed by atoms with E-state index in [1.807, 2.05) is 0 Å². The Kier molecular flexibility index (Phi) is 5.01. The van der Waals surface area contributed by atoms with Crippen LogP contribution in [-0.2, 0) is 15.8 Å². The van der Waals surface area contributed by atoms with E-state index in [1.54, 1.807) is 12.1 Å². The Morgan fingerprint density at radius 3 is 2.85 bits per heavy atom. The maximum absolute atomic E-state index is 13.0. The molecule has 1 saturated heterocycles. The van der Waals surface area contributed by atoms with Gasteiger partial charge in [-0.05, 0) is 17.7 Å². The van der Waals surface area contributed by atoms with Crippen LogP contribution in [0.1, 0.15) is 17.5 Å². The van der Waals surface area contributed by atoms with Crippen LogP contribution in [0.25, 0.3) is 10.1 Å². The summed E-state index contributed by atoms with van der Waals surface area (Å²) in [6.45, 7) is 0. The van der Waals surface area contributed by atoms with Crippen molar-refractivity contribution in [2.75, 3.05) is 0 Å². The number of halogens is 3. The topological polar surface area (TPSA) is 91.1 Å². The minimum Gasteiger partial charge on any atom is -0.481 e. The van der Waals surface area contributed by atoms with Crippen LogP contribution < -0.4 is 5.32 Å². The highest BCUT2D eigenvalue weighted by atomic mass is 32.2. The third kappa shape index (κ3) is 4.05. The summed E-state index contributed by atoms with van der Waals surface area (Å²) in [7, 11) is 0. The van der Waals surface area contributed by atoms with Crippen molar-refractivity contribution < 1.29 is 27.9 Å². The van der Waals surface area contributed by atoms with Gasteiger partial charge in [0.05, 0.1) is 18.2 Å². The molecule has 2 heterocycles. The lowest BCUT2D eigenvalue weighted by atomic mass is 10.1. The van der Waals surface area contributed by atoms with Crippen LogP contribution in [0, 0.1) is 0 Å². The van der Waals surface area contributed by atoms with Crippen LogP contribution >= 0.6 is 23.1 Å². The average Bonchev–Trinajstić information content (AvgIpc) is 3.10. The molecule has 26 heavy (non-hydrogen) atoms. The van der Waals surface area contributed by atoms with Gasteiger partial charge < -0.3 is 10.4 Å². The number of alkyl halides is 3. The number of carbonyl (C=O) groups is 2. The first-order chi connectivity index (χ1) is 12.2. The van der Waals surface area contributed by atoms with Crippen LogP contribution in [0.15, 0.2) is 33.8 Å². The molecular formula is C15H10F3N3O3S2. The van der Waals surface area contributed by atoms with Crippen molar-refractivity contribution in [3.8, 4) is 0 Å². The van der Waals surface area contributed by atoms with Crippen LogP contribution in [0.5, 0.6) is 0 Å². The predicted octanol–water partition coefficient (Wildman–Crippen LogP) is 3.32. The highest BCUT2D eigenvalue weighted by Gasteiger charge is 2.33. The molecule has 0 radical (unpaired) electrons. The summed E-state index contributed by atoms with van der Waals surface area (Å²) in [5.41, 5.74) is -0.281. The van der Waals surface area contributed by atoms with E-state index in [0.717, 1.165) is 28.5 Å². The molecule has 1 aliphatic rings. The lowest BCUT2D eigenvalue weighted by molar-refractivity contribution is -0.138. The van der Waals surface area contributed by atoms with E-state index in [0.29, 0.717) is 10.3 Å². The number of carboxylic acid groups (broad SMARTS) is 1. The van der Waals surface area contributed by atoms with Crippen molar-refractivity contribution in [3.05, 3.63) is 34.7 Å². The monoisotopic (exact) mass is 401 g/mol. The number of hydrogen-bond acceptors (Lipinski definition) is 6. The van der Waals surface area contributed by atoms with Gasteiger partial charge in [-0.2, -0.15) is 18.3 Å². The van der Waals surface area contributed by atoms with Crippen LogP contribution in [0.3, 0.4) is 0 Å². The smallest absolute Gasteiger partial charge is 0.417 e. The molecule has 1 fully saturated rings. The molecule has 2 N–H and O–H groups in total. The fourth-order valence-corrected chi connectivity index (χ4v) is 4.10. The van der Waals surface area contributed by atoms with Crippen LogP contribution in [0.2, 0.25) is 0 Å². The number of thiophene rings is 1. The second kappa shape index (κ2) is 7.08. The minimum atomic E-state index is -4.43. The first-order valence-electron chi connectivity index (χ1n) is 7.13. The molecule has 1 aromatic carbocycles. The van der Waals surface area contributed by atoms with E-state index in [4.69, 9.17) is 5.11 Å². The Balaban J connectivity index is 1.77. The van der Waals surface area contributed by atoms with E-state index in [2.05, 4.69) is 15.5 Å². The fraction of sp³-hybridized carbons (Fsp3) is 0.200. The summed E-state index contributed by atoms with van der Waals surface area (Å²) in [4.78, 5) is 22.2. The Labute approximate surface area is 152 Å². The molecule has 1 amide bonds. The van der Waals surface area contributed by atoms with Crippen molar-refractivity contribution in [2.24, 2.45) is 10.2 Å². The molecular weight excluding hydrogens is 391 g/mol. The third-order valence-corrected chi connectivity index (χ3v) is 5.43. The summed E-state index contributed by atoms with van der Waals surface area (Å²) in [6, 6.07) is 4.54. The Bertz CT molecular complexity index is 937. The van der Waals surface area contributed by atoms with Crippen LogP contribution in [-0.4, -0.2) is 33.6 Å². The van der Waals surface area contributed by atoms with Gasteiger partial charge in [0.2, 0.25) is 5.91 Å². The van der Waals surface area contributed by atoms with Crippen molar-refractivity contribution in [1.82, 2.24) is 5.32 Å². The van der Waals surface area contributed by atoms with E-state index in [1.165, 1.54) is 12.3 Å². The molecule has 6 nitrogen and oxygen atoms in total. The lowest BCUT2D eigenvalue weighted by Gasteiger charge is -2.04. The molecule has 3 rings (SSSR count). The van der Waals surface area contributed by atoms with Gasteiger partial charge in [-0.25, -0.2) is 0 Å². The van der Waals surface area contributed by atoms with E-state index in [-0.39, 0.29) is 17.0 Å². The molecule has 2 aromatic rings. The van der Waals surface area contributed by atoms with E-state index >= 15 is 0 Å². The molecule has 1 aliphatic heterocycles. The number of carboxylic acids is 1. The van der Waals surface area contributed by atoms with Gasteiger partial charge in [0.25, 0.3) is 0 Å². The number of benzene rings is 1. The predicted molar refractivity (Wildman–Crippen MR) is 93.6 cm³/mol. The Morgan fingerprint density at radius 1 is 1.38 bits per heavy atom. The van der Waals surface area contributed by atoms with Gasteiger partial charge in [-0.15, -0.1) is 16.4 Å². The molecule has 0 spiro atoms. The van der Waals surface area contributed by atoms with Crippen molar-refractivity contribution >= 4 is 56.4 Å². The van der Waals surface area contributed by atoms with Gasteiger partial charge in [0.15, 0.2) is 5.17 Å². The first kappa shape index (κ1) is 18.4. The molecule has 1 unspecified atom stereocenters. The number of hydrogen-bond donors (Lipinski definition) is 2. The summed E-state index contributed by atoms with van der Waals surface area (Å²) >= 11 is 1.95. The number of nitrogens with one attached hydrogen (secondary N) is 1. The number of rotatable bonds is 4. The molecule has 136 valence electrons. The van der Waals surface area contributed by atoms with Gasteiger partial charge in [0, 0.05) is 15.5 Å². The Morgan fingerprint density at radius 2 is 2.15 bits per heavy atom. The zero-order chi connectivity index (χ0) is 18.9. The maximum Gasteiger partial charge on any atom is 0.417 e. The van der Waals surface area contributed by atoms with Gasteiger partial charge in [-0.1, -0.05) is 17.8 Å². The SMILES string of the molecule is O=C(O)CC1SC(=NN=Cc2ccc3scc(C(F)(F)F)c3c2)NC1=O. The summed E-state index contributed by atoms with van der Waals surface area (Å²) < 4.78 is 39.4. The quantitative estimate of drug-likeness (QED) is 0.607. The zero-order valence-electron chi connectivity index (χ0n) is 12.8. The van der Waals surface area contributed by atoms with Crippen molar-refractivity contribution in [3.63, 3.8) is 0 Å². The van der Waals surface area contributed by atoms with Crippen molar-refractivity contribution in [1.29, 1.82) is 0 Å².